The molecule has 1 N–H and O–H groups in total. The number of anilines is 2. The van der Waals surface area contributed by atoms with Crippen LogP contribution in [0.1, 0.15) is 0 Å². The van der Waals surface area contributed by atoms with Gasteiger partial charge >= 0.3 is 0 Å². The van der Waals surface area contributed by atoms with E-state index in [2.05, 4.69) is 58.0 Å². The van der Waals surface area contributed by atoms with E-state index in [1.807, 2.05) is 54.6 Å². The summed E-state index contributed by atoms with van der Waals surface area (Å²) in [5.74, 6) is 0. The van der Waals surface area contributed by atoms with Crippen LogP contribution in [-0.2, 0) is 0 Å². The Kier molecular flexibility index (Phi) is 4.21. The molecule has 120 valence electrons. The third kappa shape index (κ3) is 3.56. The molecule has 0 aliphatic heterocycles. The Morgan fingerprint density at radius 2 is 1.16 bits per heavy atom. The second-order valence-corrected chi connectivity index (χ2v) is 5.73. The molecule has 4 rings (SSSR count). The minimum absolute atomic E-state index is 0.826. The molecule has 0 heterocycles. The van der Waals surface area contributed by atoms with E-state index in [9.17, 15) is 0 Å². The van der Waals surface area contributed by atoms with Crippen molar-refractivity contribution in [2.75, 3.05) is 5.32 Å². The van der Waals surface area contributed by atoms with Crippen molar-refractivity contribution >= 4 is 33.5 Å². The first-order chi connectivity index (χ1) is 12.4. The molecule has 0 fully saturated rings. The molecule has 0 saturated heterocycles. The fourth-order valence-corrected chi connectivity index (χ4v) is 2.71. The third-order valence-electron chi connectivity index (χ3n) is 3.97. The topological polar surface area (TPSA) is 36.8 Å². The van der Waals surface area contributed by atoms with Crippen molar-refractivity contribution in [3.8, 4) is 0 Å². The molecule has 4 aromatic rings. The maximum absolute atomic E-state index is 4.27. The molecule has 0 radical (unpaired) electrons. The van der Waals surface area contributed by atoms with Gasteiger partial charge in [-0.25, -0.2) is 0 Å². The van der Waals surface area contributed by atoms with Gasteiger partial charge in [0.25, 0.3) is 0 Å². The number of fused-ring (bicyclic) bond motifs is 1. The lowest BCUT2D eigenvalue weighted by molar-refractivity contribution is 1.23. The first-order valence-corrected chi connectivity index (χ1v) is 8.20. The molecule has 0 unspecified atom stereocenters. The lowest BCUT2D eigenvalue weighted by Gasteiger charge is -2.09. The van der Waals surface area contributed by atoms with Crippen molar-refractivity contribution in [2.24, 2.45) is 10.2 Å². The molecule has 3 heteroatoms. The number of hydrogen-bond acceptors (Lipinski definition) is 3. The van der Waals surface area contributed by atoms with Crippen LogP contribution < -0.4 is 5.32 Å². The van der Waals surface area contributed by atoms with E-state index in [1.165, 1.54) is 10.8 Å². The standard InChI is InChI=1S/C22H17N3/c1-2-9-19(10-3-1)24-25-20-15-13-18(14-16-20)23-22-12-6-8-17-7-4-5-11-21(17)22/h1-16,23H/b25-24+. The summed E-state index contributed by atoms with van der Waals surface area (Å²) < 4.78 is 0. The summed E-state index contributed by atoms with van der Waals surface area (Å²) in [5, 5.41) is 14.4. The first-order valence-electron chi connectivity index (χ1n) is 8.20. The van der Waals surface area contributed by atoms with Gasteiger partial charge in [0.1, 0.15) is 0 Å². The van der Waals surface area contributed by atoms with Gasteiger partial charge in [0, 0.05) is 16.8 Å². The Bertz CT molecular complexity index is 1000. The molecule has 0 saturated carbocycles. The van der Waals surface area contributed by atoms with Crippen molar-refractivity contribution < 1.29 is 0 Å². The molecule has 0 spiro atoms. The molecule has 25 heavy (non-hydrogen) atoms. The zero-order chi connectivity index (χ0) is 16.9. The summed E-state index contributed by atoms with van der Waals surface area (Å²) >= 11 is 0. The Hall–Kier alpha value is -3.46. The SMILES string of the molecule is c1ccc(/N=N/c2ccc(Nc3cccc4ccccc34)cc2)cc1. The molecule has 0 aliphatic rings. The van der Waals surface area contributed by atoms with Crippen LogP contribution in [0.15, 0.2) is 107 Å². The minimum atomic E-state index is 0.826. The smallest absolute Gasteiger partial charge is 0.0858 e. The summed E-state index contributed by atoms with van der Waals surface area (Å²) in [6.07, 6.45) is 0. The van der Waals surface area contributed by atoms with Gasteiger partial charge in [-0.05, 0) is 47.9 Å². The zero-order valence-corrected chi connectivity index (χ0v) is 13.6. The molecular weight excluding hydrogens is 306 g/mol. The van der Waals surface area contributed by atoms with Gasteiger partial charge in [-0.15, -0.1) is 0 Å². The predicted octanol–water partition coefficient (Wildman–Crippen LogP) is 7.00. The van der Waals surface area contributed by atoms with E-state index in [-0.39, 0.29) is 0 Å². The summed E-state index contributed by atoms with van der Waals surface area (Å²) in [7, 11) is 0. The lowest BCUT2D eigenvalue weighted by atomic mass is 10.1. The number of benzene rings is 4. The summed E-state index contributed by atoms with van der Waals surface area (Å²) in [6.45, 7) is 0. The van der Waals surface area contributed by atoms with E-state index in [0.717, 1.165) is 22.7 Å². The van der Waals surface area contributed by atoms with Crippen LogP contribution in [0, 0.1) is 0 Å². The minimum Gasteiger partial charge on any atom is -0.355 e. The number of rotatable bonds is 4. The maximum Gasteiger partial charge on any atom is 0.0858 e. The normalized spacial score (nSPS) is 11.0. The quantitative estimate of drug-likeness (QED) is 0.403. The van der Waals surface area contributed by atoms with Gasteiger partial charge < -0.3 is 5.32 Å². The number of nitrogens with zero attached hydrogens (tertiary/aromatic N) is 2. The average Bonchev–Trinajstić information content (AvgIpc) is 2.69. The Labute approximate surface area is 146 Å². The van der Waals surface area contributed by atoms with E-state index < -0.39 is 0 Å². The highest BCUT2D eigenvalue weighted by Crippen LogP contribution is 2.27. The Morgan fingerprint density at radius 1 is 0.520 bits per heavy atom. The molecule has 0 aromatic heterocycles. The number of hydrogen-bond donors (Lipinski definition) is 1. The first kappa shape index (κ1) is 15.1. The van der Waals surface area contributed by atoms with Gasteiger partial charge in [-0.3, -0.25) is 0 Å². The van der Waals surface area contributed by atoms with Gasteiger partial charge in [0.05, 0.1) is 11.4 Å². The van der Waals surface area contributed by atoms with Crippen LogP contribution >= 0.6 is 0 Å². The molecule has 0 amide bonds. The highest BCUT2D eigenvalue weighted by molar-refractivity contribution is 5.95. The largest absolute Gasteiger partial charge is 0.355 e. The Balaban J connectivity index is 1.53. The fraction of sp³-hybridized carbons (Fsp3) is 0. The molecule has 0 atom stereocenters. The van der Waals surface area contributed by atoms with Gasteiger partial charge in [-0.1, -0.05) is 54.6 Å². The molecule has 4 aromatic carbocycles. The molecular formula is C22H17N3. The fourth-order valence-electron chi connectivity index (χ4n) is 2.71. The van der Waals surface area contributed by atoms with Gasteiger partial charge in [0.15, 0.2) is 0 Å². The number of nitrogens with one attached hydrogen (secondary N) is 1. The summed E-state index contributed by atoms with van der Waals surface area (Å²) in [5.41, 5.74) is 3.79. The highest BCUT2D eigenvalue weighted by Gasteiger charge is 2.01. The van der Waals surface area contributed by atoms with E-state index in [4.69, 9.17) is 0 Å². The monoisotopic (exact) mass is 323 g/mol. The van der Waals surface area contributed by atoms with Crippen LogP contribution in [0.25, 0.3) is 10.8 Å². The zero-order valence-electron chi connectivity index (χ0n) is 13.6. The third-order valence-corrected chi connectivity index (χ3v) is 3.97. The van der Waals surface area contributed by atoms with Crippen molar-refractivity contribution in [1.82, 2.24) is 0 Å². The lowest BCUT2D eigenvalue weighted by Crippen LogP contribution is -1.90. The van der Waals surface area contributed by atoms with Crippen LogP contribution in [-0.4, -0.2) is 0 Å². The number of azo groups is 1. The molecule has 0 aliphatic carbocycles. The van der Waals surface area contributed by atoms with Crippen molar-refractivity contribution in [2.45, 2.75) is 0 Å². The van der Waals surface area contributed by atoms with Crippen LogP contribution in [0.4, 0.5) is 22.7 Å². The second-order valence-electron chi connectivity index (χ2n) is 5.73. The van der Waals surface area contributed by atoms with Crippen LogP contribution in [0.2, 0.25) is 0 Å². The van der Waals surface area contributed by atoms with Crippen molar-refractivity contribution in [3.63, 3.8) is 0 Å². The van der Waals surface area contributed by atoms with Crippen molar-refractivity contribution in [3.05, 3.63) is 97.1 Å². The van der Waals surface area contributed by atoms with Crippen LogP contribution in [0.5, 0.6) is 0 Å². The van der Waals surface area contributed by atoms with E-state index in [1.54, 1.807) is 0 Å². The average molecular weight is 323 g/mol. The second kappa shape index (κ2) is 6.97. The maximum atomic E-state index is 4.27. The van der Waals surface area contributed by atoms with Gasteiger partial charge in [-0.2, -0.15) is 10.2 Å². The van der Waals surface area contributed by atoms with Crippen LogP contribution in [0.3, 0.4) is 0 Å². The predicted molar refractivity (Wildman–Crippen MR) is 104 cm³/mol. The van der Waals surface area contributed by atoms with Gasteiger partial charge in [0.2, 0.25) is 0 Å². The summed E-state index contributed by atoms with van der Waals surface area (Å²) in [4.78, 5) is 0. The molecule has 3 nitrogen and oxygen atoms in total. The molecule has 0 bridgehead atoms. The van der Waals surface area contributed by atoms with E-state index in [0.29, 0.717) is 0 Å². The van der Waals surface area contributed by atoms with E-state index >= 15 is 0 Å². The summed E-state index contributed by atoms with van der Waals surface area (Å²) in [6, 6.07) is 32.3. The highest BCUT2D eigenvalue weighted by atomic mass is 15.1. The Morgan fingerprint density at radius 3 is 1.96 bits per heavy atom. The van der Waals surface area contributed by atoms with Crippen molar-refractivity contribution in [1.29, 1.82) is 0 Å².